The molecular weight excluding hydrogens is 303 g/mol. The number of alkyl halides is 3. The van der Waals surface area contributed by atoms with Crippen LogP contribution in [0.5, 0.6) is 0 Å². The van der Waals surface area contributed by atoms with Gasteiger partial charge in [-0.05, 0) is 19.3 Å². The predicted octanol–water partition coefficient (Wildman–Crippen LogP) is 1.90. The normalized spacial score (nSPS) is 28.0. The maximum Gasteiger partial charge on any atom is 0.420 e. The molecule has 1 aromatic rings. The molecule has 1 aromatic heterocycles. The van der Waals surface area contributed by atoms with Crippen molar-refractivity contribution in [3.63, 3.8) is 0 Å². The second-order valence-corrected chi connectivity index (χ2v) is 5.77. The van der Waals surface area contributed by atoms with Crippen molar-refractivity contribution in [3.8, 4) is 0 Å². The van der Waals surface area contributed by atoms with E-state index < -0.39 is 40.8 Å². The molecule has 0 bridgehead atoms. The number of nitrogens with zero attached hydrogens (tertiary/aromatic N) is 2. The fourth-order valence-electron chi connectivity index (χ4n) is 3.68. The van der Waals surface area contributed by atoms with E-state index in [2.05, 4.69) is 10.2 Å². The van der Waals surface area contributed by atoms with Gasteiger partial charge in [0.05, 0.1) is 11.6 Å². The summed E-state index contributed by atoms with van der Waals surface area (Å²) in [6.07, 6.45) is -2.25. The molecule has 120 valence electrons. The number of aromatic nitrogens is 2. The molecule has 2 atom stereocenters. The Morgan fingerprint density at radius 2 is 2.14 bits per heavy atom. The van der Waals surface area contributed by atoms with E-state index in [-0.39, 0.29) is 13.0 Å². The number of carboxylic acids is 1. The molecule has 1 saturated carbocycles. The van der Waals surface area contributed by atoms with Crippen molar-refractivity contribution < 1.29 is 27.9 Å². The summed E-state index contributed by atoms with van der Waals surface area (Å²) in [6, 6.07) is -0.554. The first-order valence-electron chi connectivity index (χ1n) is 6.92. The number of carboxylic acid groups (broad SMARTS) is 1. The van der Waals surface area contributed by atoms with Crippen molar-refractivity contribution in [1.29, 1.82) is 0 Å². The Morgan fingerprint density at radius 1 is 1.41 bits per heavy atom. The summed E-state index contributed by atoms with van der Waals surface area (Å²) in [7, 11) is 0. The first kappa shape index (κ1) is 14.9. The number of aliphatic carboxylic acids is 1. The van der Waals surface area contributed by atoms with E-state index in [0.717, 1.165) is 0 Å². The van der Waals surface area contributed by atoms with Crippen molar-refractivity contribution in [2.75, 3.05) is 6.54 Å². The minimum Gasteiger partial charge on any atom is -0.481 e. The molecule has 1 aliphatic heterocycles. The van der Waals surface area contributed by atoms with Crippen molar-refractivity contribution in [3.05, 3.63) is 17.5 Å². The number of fused-ring (bicyclic) bond motifs is 1. The second kappa shape index (κ2) is 4.72. The number of halogens is 3. The number of carbonyl (C=O) groups excluding carboxylic acids is 1. The lowest BCUT2D eigenvalue weighted by Gasteiger charge is -2.28. The summed E-state index contributed by atoms with van der Waals surface area (Å²) < 4.78 is 38.6. The number of hydrogen-bond acceptors (Lipinski definition) is 3. The molecule has 2 aliphatic rings. The average molecular weight is 317 g/mol. The highest BCUT2D eigenvalue weighted by Crippen LogP contribution is 2.49. The van der Waals surface area contributed by atoms with Crippen molar-refractivity contribution in [2.24, 2.45) is 5.41 Å². The molecule has 2 fully saturated rings. The molecule has 3 rings (SSSR count). The molecule has 0 radical (unpaired) electrons. The largest absolute Gasteiger partial charge is 0.481 e. The molecule has 0 spiro atoms. The predicted molar refractivity (Wildman–Crippen MR) is 67.0 cm³/mol. The molecule has 1 aliphatic carbocycles. The molecule has 1 amide bonds. The molecule has 0 aromatic carbocycles. The number of rotatable bonds is 2. The molecule has 2 N–H and O–H groups in total. The maximum atomic E-state index is 12.9. The van der Waals surface area contributed by atoms with E-state index in [1.807, 2.05) is 0 Å². The summed E-state index contributed by atoms with van der Waals surface area (Å²) in [5, 5.41) is 14.9. The van der Waals surface area contributed by atoms with Gasteiger partial charge in [0.2, 0.25) is 0 Å². The molecule has 9 heteroatoms. The van der Waals surface area contributed by atoms with Crippen LogP contribution >= 0.6 is 0 Å². The number of hydrogen-bond donors (Lipinski definition) is 2. The SMILES string of the molecule is O=C(c1[nH]ncc1C(F)(F)F)N1CC[C@@]2(C(=O)O)CCC[C@@H]12. The van der Waals surface area contributed by atoms with E-state index in [1.54, 1.807) is 0 Å². The smallest absolute Gasteiger partial charge is 0.420 e. The van der Waals surface area contributed by atoms with Crippen LogP contribution in [-0.4, -0.2) is 44.7 Å². The molecule has 1 saturated heterocycles. The third kappa shape index (κ3) is 1.98. The van der Waals surface area contributed by atoms with Crippen LogP contribution in [0.15, 0.2) is 6.20 Å². The first-order valence-corrected chi connectivity index (χ1v) is 6.92. The van der Waals surface area contributed by atoms with Gasteiger partial charge in [-0.25, -0.2) is 0 Å². The van der Waals surface area contributed by atoms with Gasteiger partial charge < -0.3 is 10.0 Å². The van der Waals surface area contributed by atoms with Gasteiger partial charge >= 0.3 is 12.1 Å². The Kier molecular flexibility index (Phi) is 3.19. The molecule has 6 nitrogen and oxygen atoms in total. The molecular formula is C13H14F3N3O3. The number of H-pyrrole nitrogens is 1. The van der Waals surface area contributed by atoms with Crippen LogP contribution in [-0.2, 0) is 11.0 Å². The van der Waals surface area contributed by atoms with Crippen LogP contribution in [0.4, 0.5) is 13.2 Å². The minimum absolute atomic E-state index is 0.145. The van der Waals surface area contributed by atoms with Gasteiger partial charge in [-0.2, -0.15) is 18.3 Å². The Bertz CT molecular complexity index is 628. The van der Waals surface area contributed by atoms with Gasteiger partial charge in [0.15, 0.2) is 0 Å². The molecule has 0 unspecified atom stereocenters. The number of amides is 1. The van der Waals surface area contributed by atoms with Crippen LogP contribution in [0.1, 0.15) is 41.7 Å². The Morgan fingerprint density at radius 3 is 2.77 bits per heavy atom. The lowest BCUT2D eigenvalue weighted by molar-refractivity contribution is -0.149. The average Bonchev–Trinajstić information content (AvgIpc) is 3.11. The topological polar surface area (TPSA) is 86.3 Å². The third-order valence-corrected chi connectivity index (χ3v) is 4.76. The number of likely N-dealkylation sites (tertiary alicyclic amines) is 1. The van der Waals surface area contributed by atoms with Crippen molar-refractivity contribution in [1.82, 2.24) is 15.1 Å². The summed E-state index contributed by atoms with van der Waals surface area (Å²) in [4.78, 5) is 25.2. The lowest BCUT2D eigenvalue weighted by atomic mass is 9.82. The van der Waals surface area contributed by atoms with Crippen LogP contribution in [0, 0.1) is 5.41 Å². The summed E-state index contributed by atoms with van der Waals surface area (Å²) in [6.45, 7) is 0.145. The van der Waals surface area contributed by atoms with Gasteiger partial charge in [-0.1, -0.05) is 6.42 Å². The summed E-state index contributed by atoms with van der Waals surface area (Å²) in [5.74, 6) is -1.81. The second-order valence-electron chi connectivity index (χ2n) is 5.77. The van der Waals surface area contributed by atoms with Gasteiger partial charge in [0.1, 0.15) is 11.3 Å². The van der Waals surface area contributed by atoms with Gasteiger partial charge in [-0.15, -0.1) is 0 Å². The monoisotopic (exact) mass is 317 g/mol. The van der Waals surface area contributed by atoms with Crippen molar-refractivity contribution >= 4 is 11.9 Å². The van der Waals surface area contributed by atoms with Crippen molar-refractivity contribution in [2.45, 2.75) is 37.9 Å². The number of nitrogens with one attached hydrogen (secondary N) is 1. The van der Waals surface area contributed by atoms with E-state index in [4.69, 9.17) is 0 Å². The standard InChI is InChI=1S/C13H14F3N3O3/c14-13(15,16)7-6-17-18-9(7)10(20)19-5-4-12(11(21)22)3-1-2-8(12)19/h6,8H,1-5H2,(H,17,18)(H,21,22)/t8-,12+/m1/s1. The first-order chi connectivity index (χ1) is 10.3. The molecule has 22 heavy (non-hydrogen) atoms. The van der Waals surface area contributed by atoms with E-state index in [1.165, 1.54) is 4.90 Å². The summed E-state index contributed by atoms with van der Waals surface area (Å²) >= 11 is 0. The minimum atomic E-state index is -4.68. The fourth-order valence-corrected chi connectivity index (χ4v) is 3.68. The summed E-state index contributed by atoms with van der Waals surface area (Å²) in [5.41, 5.74) is -2.77. The quantitative estimate of drug-likeness (QED) is 0.872. The van der Waals surface area contributed by atoms with Gasteiger partial charge in [0.25, 0.3) is 5.91 Å². The highest BCUT2D eigenvalue weighted by molar-refractivity contribution is 5.95. The number of aromatic amines is 1. The third-order valence-electron chi connectivity index (χ3n) is 4.76. The zero-order chi connectivity index (χ0) is 16.1. The van der Waals surface area contributed by atoms with E-state index in [9.17, 15) is 27.9 Å². The highest BCUT2D eigenvalue weighted by atomic mass is 19.4. The zero-order valence-corrected chi connectivity index (χ0v) is 11.5. The Hall–Kier alpha value is -2.06. The Balaban J connectivity index is 1.92. The van der Waals surface area contributed by atoms with Gasteiger partial charge in [-0.3, -0.25) is 14.7 Å². The van der Waals surface area contributed by atoms with E-state index >= 15 is 0 Å². The highest BCUT2D eigenvalue weighted by Gasteiger charge is 2.57. The van der Waals surface area contributed by atoms with Crippen LogP contribution in [0.25, 0.3) is 0 Å². The van der Waals surface area contributed by atoms with Crippen LogP contribution in [0.2, 0.25) is 0 Å². The Labute approximate surface area is 123 Å². The van der Waals surface area contributed by atoms with Crippen LogP contribution in [0.3, 0.4) is 0 Å². The lowest BCUT2D eigenvalue weighted by Crippen LogP contribution is -2.43. The van der Waals surface area contributed by atoms with Gasteiger partial charge in [0, 0.05) is 12.6 Å². The molecule has 2 heterocycles. The van der Waals surface area contributed by atoms with Crippen LogP contribution < -0.4 is 0 Å². The van der Waals surface area contributed by atoms with E-state index in [0.29, 0.717) is 25.5 Å². The maximum absolute atomic E-state index is 12.9. The zero-order valence-electron chi connectivity index (χ0n) is 11.5. The fraction of sp³-hybridized carbons (Fsp3) is 0.615. The number of carbonyl (C=O) groups is 2.